The fraction of sp³-hybridized carbons (Fsp3) is 0.320. The van der Waals surface area contributed by atoms with Gasteiger partial charge in [-0.2, -0.15) is 5.10 Å². The predicted molar refractivity (Wildman–Crippen MR) is 137 cm³/mol. The number of amides is 1. The van der Waals surface area contributed by atoms with Crippen molar-refractivity contribution in [1.29, 1.82) is 0 Å². The highest BCUT2D eigenvalue weighted by Gasteiger charge is 2.23. The van der Waals surface area contributed by atoms with Crippen LogP contribution in [-0.4, -0.2) is 42.2 Å². The van der Waals surface area contributed by atoms with Crippen molar-refractivity contribution in [2.75, 3.05) is 11.8 Å². The summed E-state index contributed by atoms with van der Waals surface area (Å²) >= 11 is 0. The third-order valence-corrected chi connectivity index (χ3v) is 6.67. The van der Waals surface area contributed by atoms with E-state index in [9.17, 15) is 13.2 Å². The Hall–Kier alpha value is -4.06. The van der Waals surface area contributed by atoms with Crippen molar-refractivity contribution >= 4 is 32.9 Å². The average molecular weight is 528 g/mol. The number of anilines is 1. The SMILES string of the molecule is COc1ccccc1S(=O)(=O)Nc1noc2cc(Cn3cc(CNC(=O)OC(C)(C)C)cn3)cc(C)c12. The number of carbonyl (C=O) groups is 1. The molecule has 0 spiro atoms. The molecular weight excluding hydrogens is 498 g/mol. The number of sulfonamides is 1. The highest BCUT2D eigenvalue weighted by atomic mass is 32.2. The summed E-state index contributed by atoms with van der Waals surface area (Å²) in [5.74, 6) is 0.321. The number of ether oxygens (including phenoxy) is 2. The lowest BCUT2D eigenvalue weighted by Gasteiger charge is -2.19. The first-order valence-electron chi connectivity index (χ1n) is 11.5. The van der Waals surface area contributed by atoms with Crippen LogP contribution in [-0.2, 0) is 27.8 Å². The molecule has 12 heteroatoms. The van der Waals surface area contributed by atoms with Gasteiger partial charge in [-0.3, -0.25) is 9.40 Å². The molecule has 2 N–H and O–H groups in total. The predicted octanol–water partition coefficient (Wildman–Crippen LogP) is 4.22. The van der Waals surface area contributed by atoms with E-state index in [1.807, 2.05) is 19.2 Å². The third-order valence-electron chi connectivity index (χ3n) is 5.29. The number of fused-ring (bicyclic) bond motifs is 1. The highest BCUT2D eigenvalue weighted by Crippen LogP contribution is 2.31. The van der Waals surface area contributed by atoms with Gasteiger partial charge in [-0.05, 0) is 57.0 Å². The summed E-state index contributed by atoms with van der Waals surface area (Å²) in [5.41, 5.74) is 2.35. The first kappa shape index (κ1) is 26.0. The van der Waals surface area contributed by atoms with Crippen LogP contribution in [0.5, 0.6) is 5.75 Å². The molecule has 0 unspecified atom stereocenters. The molecule has 11 nitrogen and oxygen atoms in total. The van der Waals surface area contributed by atoms with Gasteiger partial charge in [0, 0.05) is 18.3 Å². The normalized spacial score (nSPS) is 11.9. The summed E-state index contributed by atoms with van der Waals surface area (Å²) in [6.45, 7) is 7.98. The molecule has 2 aromatic heterocycles. The number of carbonyl (C=O) groups excluding carboxylic acids is 1. The van der Waals surface area contributed by atoms with Crippen LogP contribution in [0.1, 0.15) is 37.5 Å². The zero-order valence-electron chi connectivity index (χ0n) is 21.2. The molecule has 2 heterocycles. The van der Waals surface area contributed by atoms with Gasteiger partial charge in [-0.15, -0.1) is 0 Å². The van der Waals surface area contributed by atoms with E-state index in [0.29, 0.717) is 17.5 Å². The lowest BCUT2D eigenvalue weighted by molar-refractivity contribution is 0.0523. The molecule has 1 amide bonds. The number of methoxy groups -OCH3 is 1. The van der Waals surface area contributed by atoms with Crippen LogP contribution in [0.3, 0.4) is 0 Å². The first-order valence-corrected chi connectivity index (χ1v) is 13.0. The number of alkyl carbamates (subject to hydrolysis) is 1. The summed E-state index contributed by atoms with van der Waals surface area (Å²) < 4.78 is 46.1. The van der Waals surface area contributed by atoms with Gasteiger partial charge < -0.3 is 19.3 Å². The second-order valence-corrected chi connectivity index (χ2v) is 11.1. The summed E-state index contributed by atoms with van der Waals surface area (Å²) in [4.78, 5) is 11.9. The van der Waals surface area contributed by atoms with Crippen molar-refractivity contribution in [2.24, 2.45) is 0 Å². The minimum atomic E-state index is -3.96. The number of hydrogen-bond donors (Lipinski definition) is 2. The number of benzene rings is 2. The molecule has 0 saturated carbocycles. The van der Waals surface area contributed by atoms with Crippen molar-refractivity contribution in [2.45, 2.75) is 51.3 Å². The second-order valence-electron chi connectivity index (χ2n) is 9.48. The molecule has 0 fully saturated rings. The largest absolute Gasteiger partial charge is 0.495 e. The van der Waals surface area contributed by atoms with Crippen LogP contribution >= 0.6 is 0 Å². The lowest BCUT2D eigenvalue weighted by atomic mass is 10.1. The van der Waals surface area contributed by atoms with Gasteiger partial charge in [0.15, 0.2) is 11.4 Å². The summed E-state index contributed by atoms with van der Waals surface area (Å²) in [6, 6.07) is 10.0. The molecule has 0 saturated heterocycles. The van der Waals surface area contributed by atoms with E-state index < -0.39 is 21.7 Å². The Labute approximate surface area is 214 Å². The van der Waals surface area contributed by atoms with Crippen LogP contribution in [0.2, 0.25) is 0 Å². The molecule has 0 aliphatic heterocycles. The van der Waals surface area contributed by atoms with Gasteiger partial charge in [0.25, 0.3) is 10.0 Å². The minimum Gasteiger partial charge on any atom is -0.495 e. The third kappa shape index (κ3) is 6.20. The standard InChI is InChI=1S/C25H29N5O6S/c1-16-10-17(14-30-15-18(13-27-30)12-26-24(31)35-25(2,3)4)11-20-22(16)23(28-36-20)29-37(32,33)21-9-7-6-8-19(21)34-5/h6-11,13,15H,12,14H2,1-5H3,(H,26,31)(H,28,29). The van der Waals surface area contributed by atoms with E-state index in [0.717, 1.165) is 16.7 Å². The lowest BCUT2D eigenvalue weighted by Crippen LogP contribution is -2.32. The monoisotopic (exact) mass is 527 g/mol. The van der Waals surface area contributed by atoms with E-state index in [1.54, 1.807) is 55.9 Å². The Balaban J connectivity index is 1.48. The van der Waals surface area contributed by atoms with E-state index in [1.165, 1.54) is 13.2 Å². The number of aromatic nitrogens is 3. The molecule has 2 aromatic carbocycles. The topological polar surface area (TPSA) is 138 Å². The molecule has 0 atom stereocenters. The fourth-order valence-electron chi connectivity index (χ4n) is 3.79. The first-order chi connectivity index (χ1) is 17.4. The van der Waals surface area contributed by atoms with E-state index in [2.05, 4.69) is 20.3 Å². The molecule has 0 aliphatic carbocycles. The van der Waals surface area contributed by atoms with Crippen molar-refractivity contribution in [3.8, 4) is 5.75 Å². The maximum atomic E-state index is 13.0. The minimum absolute atomic E-state index is 0.00133. The van der Waals surface area contributed by atoms with Gasteiger partial charge >= 0.3 is 6.09 Å². The Morgan fingerprint density at radius 2 is 1.92 bits per heavy atom. The molecule has 0 bridgehead atoms. The van der Waals surface area contributed by atoms with Crippen molar-refractivity contribution in [1.82, 2.24) is 20.3 Å². The van der Waals surface area contributed by atoms with Crippen LogP contribution in [0.4, 0.5) is 10.6 Å². The highest BCUT2D eigenvalue weighted by molar-refractivity contribution is 7.92. The Morgan fingerprint density at radius 1 is 1.16 bits per heavy atom. The Kier molecular flexibility index (Phi) is 7.12. The average Bonchev–Trinajstić information content (AvgIpc) is 3.43. The zero-order chi connectivity index (χ0) is 26.8. The van der Waals surface area contributed by atoms with Gasteiger partial charge in [-0.1, -0.05) is 23.4 Å². The number of hydrogen-bond acceptors (Lipinski definition) is 8. The summed E-state index contributed by atoms with van der Waals surface area (Å²) in [5, 5.41) is 11.6. The van der Waals surface area contributed by atoms with E-state index in [4.69, 9.17) is 14.0 Å². The number of rotatable bonds is 8. The van der Waals surface area contributed by atoms with Crippen molar-refractivity contribution < 1.29 is 27.2 Å². The molecule has 4 aromatic rings. The van der Waals surface area contributed by atoms with Gasteiger partial charge in [-0.25, -0.2) is 13.2 Å². The summed E-state index contributed by atoms with van der Waals surface area (Å²) in [6.07, 6.45) is 3.00. The quantitative estimate of drug-likeness (QED) is 0.348. The Morgan fingerprint density at radius 3 is 2.65 bits per heavy atom. The van der Waals surface area contributed by atoms with Gasteiger partial charge in [0.1, 0.15) is 16.2 Å². The number of para-hydroxylation sites is 1. The van der Waals surface area contributed by atoms with E-state index >= 15 is 0 Å². The molecule has 4 rings (SSSR count). The summed E-state index contributed by atoms with van der Waals surface area (Å²) in [7, 11) is -2.55. The van der Waals surface area contributed by atoms with Crippen LogP contribution in [0, 0.1) is 6.92 Å². The fourth-order valence-corrected chi connectivity index (χ4v) is 4.96. The van der Waals surface area contributed by atoms with Crippen molar-refractivity contribution in [3.05, 3.63) is 65.5 Å². The maximum absolute atomic E-state index is 13.0. The second kappa shape index (κ2) is 10.1. The van der Waals surface area contributed by atoms with Crippen molar-refractivity contribution in [3.63, 3.8) is 0 Å². The molecule has 37 heavy (non-hydrogen) atoms. The zero-order valence-corrected chi connectivity index (χ0v) is 22.0. The van der Waals surface area contributed by atoms with Gasteiger partial charge in [0.2, 0.25) is 0 Å². The van der Waals surface area contributed by atoms with Crippen LogP contribution < -0.4 is 14.8 Å². The van der Waals surface area contributed by atoms with E-state index in [-0.39, 0.29) is 23.0 Å². The molecular formula is C25H29N5O6S. The molecule has 196 valence electrons. The van der Waals surface area contributed by atoms with Gasteiger partial charge in [0.05, 0.1) is 25.2 Å². The number of aryl methyl sites for hydroxylation is 1. The number of nitrogens with one attached hydrogen (secondary N) is 2. The molecule has 0 radical (unpaired) electrons. The smallest absolute Gasteiger partial charge is 0.407 e. The van der Waals surface area contributed by atoms with Crippen LogP contribution in [0.25, 0.3) is 11.0 Å². The Bertz CT molecular complexity index is 1530. The number of nitrogens with zero attached hydrogens (tertiary/aromatic N) is 3. The van der Waals surface area contributed by atoms with Crippen LogP contribution in [0.15, 0.2) is 58.2 Å². The molecule has 0 aliphatic rings. The maximum Gasteiger partial charge on any atom is 0.407 e.